The van der Waals surface area contributed by atoms with Crippen LogP contribution in [0.5, 0.6) is 0 Å². The lowest BCUT2D eigenvalue weighted by atomic mass is 10.0. The summed E-state index contributed by atoms with van der Waals surface area (Å²) in [5.74, 6) is 0.117. The number of aromatic nitrogens is 1. The molecule has 2 aromatic rings. The van der Waals surface area contributed by atoms with Gasteiger partial charge in [0.2, 0.25) is 0 Å². The van der Waals surface area contributed by atoms with Crippen molar-refractivity contribution >= 4 is 18.3 Å². The molecule has 1 saturated heterocycles. The Balaban J connectivity index is 0.00000208. The fraction of sp³-hybridized carbons (Fsp3) is 0.421. The van der Waals surface area contributed by atoms with Gasteiger partial charge < -0.3 is 14.8 Å². The molecule has 1 N–H and O–H groups in total. The normalized spacial score (nSPS) is 17.5. The minimum Gasteiger partial charge on any atom is -0.344 e. The van der Waals surface area contributed by atoms with Crippen LogP contribution in [-0.4, -0.2) is 35.0 Å². The number of aryl methyl sites for hydroxylation is 2. The zero-order valence-electron chi connectivity index (χ0n) is 14.6. The predicted octanol–water partition coefficient (Wildman–Crippen LogP) is 3.10. The van der Waals surface area contributed by atoms with E-state index in [-0.39, 0.29) is 24.4 Å². The van der Waals surface area contributed by atoms with Crippen LogP contribution in [0.25, 0.3) is 0 Å². The first-order valence-corrected chi connectivity index (χ1v) is 8.34. The van der Waals surface area contributed by atoms with Gasteiger partial charge in [-0.15, -0.1) is 12.4 Å². The minimum atomic E-state index is 0. The molecule has 5 heteroatoms. The highest BCUT2D eigenvalue weighted by molar-refractivity contribution is 5.93. The number of nitrogens with one attached hydrogen (secondary N) is 1. The molecule has 1 unspecified atom stereocenters. The van der Waals surface area contributed by atoms with Gasteiger partial charge in [-0.3, -0.25) is 4.79 Å². The lowest BCUT2D eigenvalue weighted by Crippen LogP contribution is -2.49. The molecule has 0 bridgehead atoms. The summed E-state index contributed by atoms with van der Waals surface area (Å²) in [6, 6.07) is 12.7. The fourth-order valence-electron chi connectivity index (χ4n) is 3.20. The molecule has 1 aromatic carbocycles. The number of hydrogen-bond acceptors (Lipinski definition) is 2. The number of rotatable bonds is 3. The molecule has 2 heterocycles. The van der Waals surface area contributed by atoms with Crippen molar-refractivity contribution in [1.82, 2.24) is 14.8 Å². The molecule has 1 fully saturated rings. The third-order valence-electron chi connectivity index (χ3n) is 4.87. The Bertz CT molecular complexity index is 693. The van der Waals surface area contributed by atoms with Crippen LogP contribution in [0.2, 0.25) is 0 Å². The Morgan fingerprint density at radius 1 is 1.21 bits per heavy atom. The zero-order chi connectivity index (χ0) is 16.4. The van der Waals surface area contributed by atoms with E-state index in [0.29, 0.717) is 0 Å². The molecule has 3 rings (SSSR count). The van der Waals surface area contributed by atoms with Crippen LogP contribution in [0.1, 0.15) is 40.3 Å². The zero-order valence-corrected chi connectivity index (χ0v) is 15.4. The fourth-order valence-corrected chi connectivity index (χ4v) is 3.20. The summed E-state index contributed by atoms with van der Waals surface area (Å²) in [5.41, 5.74) is 4.40. The van der Waals surface area contributed by atoms with Gasteiger partial charge in [-0.25, -0.2) is 0 Å². The molecular weight excluding hydrogens is 322 g/mol. The van der Waals surface area contributed by atoms with Gasteiger partial charge in [-0.2, -0.15) is 0 Å². The van der Waals surface area contributed by atoms with Gasteiger partial charge in [0.15, 0.2) is 0 Å². The molecule has 1 amide bonds. The molecule has 1 aromatic heterocycles. The van der Waals surface area contributed by atoms with Gasteiger partial charge in [-0.05, 0) is 36.6 Å². The lowest BCUT2D eigenvalue weighted by molar-refractivity contribution is 0.0624. The minimum absolute atomic E-state index is 0. The smallest absolute Gasteiger partial charge is 0.271 e. The molecular formula is C19H26ClN3O. The monoisotopic (exact) mass is 347 g/mol. The van der Waals surface area contributed by atoms with Gasteiger partial charge in [0.1, 0.15) is 5.69 Å². The van der Waals surface area contributed by atoms with E-state index in [0.717, 1.165) is 37.4 Å². The third kappa shape index (κ3) is 3.50. The van der Waals surface area contributed by atoms with Crippen LogP contribution in [0.15, 0.2) is 36.4 Å². The quantitative estimate of drug-likeness (QED) is 0.926. The summed E-state index contributed by atoms with van der Waals surface area (Å²) in [6.07, 6.45) is 1.04. The molecule has 0 saturated carbocycles. The topological polar surface area (TPSA) is 37.3 Å². The van der Waals surface area contributed by atoms with Gasteiger partial charge in [0, 0.05) is 32.4 Å². The summed E-state index contributed by atoms with van der Waals surface area (Å²) in [4.78, 5) is 15.0. The van der Waals surface area contributed by atoms with Crippen molar-refractivity contribution in [1.29, 1.82) is 0 Å². The second-order valence-corrected chi connectivity index (χ2v) is 6.23. The van der Waals surface area contributed by atoms with E-state index in [2.05, 4.69) is 36.5 Å². The van der Waals surface area contributed by atoms with Crippen molar-refractivity contribution in [3.05, 3.63) is 58.9 Å². The van der Waals surface area contributed by atoms with E-state index in [9.17, 15) is 4.79 Å². The van der Waals surface area contributed by atoms with E-state index in [1.165, 1.54) is 11.1 Å². The largest absolute Gasteiger partial charge is 0.344 e. The van der Waals surface area contributed by atoms with Crippen molar-refractivity contribution in [2.45, 2.75) is 26.3 Å². The maximum atomic E-state index is 13.0. The first kappa shape index (κ1) is 18.6. The Morgan fingerprint density at radius 3 is 2.50 bits per heavy atom. The number of halogens is 1. The standard InChI is InChI=1S/C19H25N3O.ClH/c1-4-15-6-8-16(9-7-15)18-13-20-11-12-22(18)19(23)17-10-5-14(2)21(17)3;/h5-10,18,20H,4,11-13H2,1-3H3;1H. The number of piperazine rings is 1. The van der Waals surface area contributed by atoms with Gasteiger partial charge in [-0.1, -0.05) is 31.2 Å². The molecule has 1 aliphatic rings. The Kier molecular flexibility index (Phi) is 6.08. The summed E-state index contributed by atoms with van der Waals surface area (Å²) < 4.78 is 1.97. The molecule has 0 aliphatic carbocycles. The van der Waals surface area contributed by atoms with Crippen molar-refractivity contribution in [2.24, 2.45) is 7.05 Å². The van der Waals surface area contributed by atoms with Crippen LogP contribution in [0, 0.1) is 6.92 Å². The van der Waals surface area contributed by atoms with Crippen molar-refractivity contribution in [2.75, 3.05) is 19.6 Å². The Hall–Kier alpha value is -1.78. The maximum Gasteiger partial charge on any atom is 0.271 e. The van der Waals surface area contributed by atoms with Crippen molar-refractivity contribution in [3.63, 3.8) is 0 Å². The average Bonchev–Trinajstić information content (AvgIpc) is 2.93. The summed E-state index contributed by atoms with van der Waals surface area (Å²) >= 11 is 0. The summed E-state index contributed by atoms with van der Waals surface area (Å²) in [6.45, 7) is 6.57. The van der Waals surface area contributed by atoms with Crippen molar-refractivity contribution < 1.29 is 4.79 Å². The molecule has 0 spiro atoms. The highest BCUT2D eigenvalue weighted by Crippen LogP contribution is 2.25. The number of carbonyl (C=O) groups excluding carboxylic acids is 1. The third-order valence-corrected chi connectivity index (χ3v) is 4.87. The number of benzene rings is 1. The van der Waals surface area contributed by atoms with Crippen LogP contribution >= 0.6 is 12.4 Å². The van der Waals surface area contributed by atoms with Crippen LogP contribution < -0.4 is 5.32 Å². The second kappa shape index (κ2) is 7.86. The highest BCUT2D eigenvalue weighted by atomic mass is 35.5. The molecule has 24 heavy (non-hydrogen) atoms. The Morgan fingerprint density at radius 2 is 1.92 bits per heavy atom. The second-order valence-electron chi connectivity index (χ2n) is 6.23. The van der Waals surface area contributed by atoms with E-state index in [1.54, 1.807) is 0 Å². The van der Waals surface area contributed by atoms with Crippen molar-refractivity contribution in [3.8, 4) is 0 Å². The number of amides is 1. The number of nitrogens with zero attached hydrogens (tertiary/aromatic N) is 2. The van der Waals surface area contributed by atoms with E-state index in [1.807, 2.05) is 35.6 Å². The van der Waals surface area contributed by atoms with Crippen LogP contribution in [-0.2, 0) is 13.5 Å². The predicted molar refractivity (Wildman–Crippen MR) is 99.9 cm³/mol. The first-order chi connectivity index (χ1) is 11.1. The number of hydrogen-bond donors (Lipinski definition) is 1. The Labute approximate surface area is 150 Å². The molecule has 1 atom stereocenters. The van der Waals surface area contributed by atoms with Crippen LogP contribution in [0.3, 0.4) is 0 Å². The lowest BCUT2D eigenvalue weighted by Gasteiger charge is -2.36. The molecule has 0 radical (unpaired) electrons. The van der Waals surface area contributed by atoms with E-state index in [4.69, 9.17) is 0 Å². The number of carbonyl (C=O) groups is 1. The summed E-state index contributed by atoms with van der Waals surface area (Å²) in [7, 11) is 1.95. The van der Waals surface area contributed by atoms with E-state index >= 15 is 0 Å². The van der Waals surface area contributed by atoms with Crippen LogP contribution in [0.4, 0.5) is 0 Å². The molecule has 130 valence electrons. The van der Waals surface area contributed by atoms with Gasteiger partial charge in [0.25, 0.3) is 5.91 Å². The van der Waals surface area contributed by atoms with E-state index < -0.39 is 0 Å². The highest BCUT2D eigenvalue weighted by Gasteiger charge is 2.29. The maximum absolute atomic E-state index is 13.0. The first-order valence-electron chi connectivity index (χ1n) is 8.34. The average molecular weight is 348 g/mol. The summed E-state index contributed by atoms with van der Waals surface area (Å²) in [5, 5.41) is 3.42. The van der Waals surface area contributed by atoms with Gasteiger partial charge in [0.05, 0.1) is 6.04 Å². The molecule has 1 aliphatic heterocycles. The molecule has 4 nitrogen and oxygen atoms in total. The SMILES string of the molecule is CCc1ccc(C2CNCCN2C(=O)c2ccc(C)n2C)cc1.Cl. The van der Waals surface area contributed by atoms with Gasteiger partial charge >= 0.3 is 0 Å².